The molecule has 0 amide bonds. The van der Waals surface area contributed by atoms with E-state index >= 15 is 0 Å². The standard InChI is InChI=1S/C17H20N4O2S/c22-14(11-4-2-1-3-5-11)16-18-7-8-21(16)10-13-19-12-6-9-24-15(12)17(23)20-13/h6-9,11,14,22H,1-5,10H2,(H,19,20,23). The van der Waals surface area contributed by atoms with Gasteiger partial charge in [0.1, 0.15) is 22.5 Å². The van der Waals surface area contributed by atoms with Gasteiger partial charge in [-0.2, -0.15) is 0 Å². The van der Waals surface area contributed by atoms with E-state index in [1.165, 1.54) is 30.6 Å². The molecule has 3 heterocycles. The summed E-state index contributed by atoms with van der Waals surface area (Å²) in [4.78, 5) is 23.8. The highest BCUT2D eigenvalue weighted by atomic mass is 32.1. The summed E-state index contributed by atoms with van der Waals surface area (Å²) >= 11 is 1.39. The van der Waals surface area contributed by atoms with Crippen molar-refractivity contribution in [2.24, 2.45) is 5.92 Å². The van der Waals surface area contributed by atoms with Crippen molar-refractivity contribution in [1.29, 1.82) is 0 Å². The van der Waals surface area contributed by atoms with Gasteiger partial charge in [-0.3, -0.25) is 4.79 Å². The number of aromatic amines is 1. The second kappa shape index (κ2) is 6.49. The summed E-state index contributed by atoms with van der Waals surface area (Å²) < 4.78 is 2.53. The molecule has 3 aromatic heterocycles. The predicted octanol–water partition coefficient (Wildman–Crippen LogP) is 2.84. The zero-order chi connectivity index (χ0) is 16.5. The summed E-state index contributed by atoms with van der Waals surface area (Å²) in [6.07, 6.45) is 8.66. The molecule has 1 saturated carbocycles. The molecular formula is C17H20N4O2S. The predicted molar refractivity (Wildman–Crippen MR) is 93.1 cm³/mol. The topological polar surface area (TPSA) is 83.8 Å². The normalized spacial score (nSPS) is 17.4. The molecule has 0 bridgehead atoms. The minimum atomic E-state index is -0.558. The average Bonchev–Trinajstić information content (AvgIpc) is 3.24. The van der Waals surface area contributed by atoms with Crippen LogP contribution in [0.4, 0.5) is 0 Å². The van der Waals surface area contributed by atoms with Crippen molar-refractivity contribution in [3.63, 3.8) is 0 Å². The van der Waals surface area contributed by atoms with Crippen LogP contribution < -0.4 is 5.56 Å². The van der Waals surface area contributed by atoms with Crippen LogP contribution in [0.3, 0.4) is 0 Å². The van der Waals surface area contributed by atoms with Crippen molar-refractivity contribution in [3.05, 3.63) is 45.8 Å². The number of nitrogens with zero attached hydrogens (tertiary/aromatic N) is 3. The van der Waals surface area contributed by atoms with E-state index < -0.39 is 6.10 Å². The molecule has 0 spiro atoms. The van der Waals surface area contributed by atoms with Crippen molar-refractivity contribution in [2.75, 3.05) is 0 Å². The van der Waals surface area contributed by atoms with E-state index in [2.05, 4.69) is 15.0 Å². The lowest BCUT2D eigenvalue weighted by molar-refractivity contribution is 0.0742. The molecule has 7 heteroatoms. The van der Waals surface area contributed by atoms with Crippen molar-refractivity contribution >= 4 is 21.6 Å². The zero-order valence-corrected chi connectivity index (χ0v) is 14.1. The SMILES string of the molecule is O=c1[nH]c(Cn2ccnc2C(O)C2CCCCC2)nc2ccsc12. The second-order valence-corrected chi connectivity index (χ2v) is 7.32. The first-order chi connectivity index (χ1) is 11.7. The third-order valence-corrected chi connectivity index (χ3v) is 5.69. The Hall–Kier alpha value is -1.99. The molecule has 0 radical (unpaired) electrons. The van der Waals surface area contributed by atoms with Crippen molar-refractivity contribution in [3.8, 4) is 0 Å². The fourth-order valence-electron chi connectivity index (χ4n) is 3.54. The number of aromatic nitrogens is 4. The van der Waals surface area contributed by atoms with Crippen LogP contribution in [-0.4, -0.2) is 24.6 Å². The van der Waals surface area contributed by atoms with Gasteiger partial charge >= 0.3 is 0 Å². The molecular weight excluding hydrogens is 324 g/mol. The van der Waals surface area contributed by atoms with Crippen LogP contribution in [0.5, 0.6) is 0 Å². The molecule has 1 unspecified atom stereocenters. The smallest absolute Gasteiger partial charge is 0.268 e. The number of imidazole rings is 1. The molecule has 24 heavy (non-hydrogen) atoms. The highest BCUT2D eigenvalue weighted by Crippen LogP contribution is 2.33. The van der Waals surface area contributed by atoms with E-state index in [-0.39, 0.29) is 11.5 Å². The second-order valence-electron chi connectivity index (χ2n) is 6.40. The molecule has 0 aromatic carbocycles. The van der Waals surface area contributed by atoms with E-state index in [1.807, 2.05) is 22.2 Å². The Morgan fingerprint density at radius 1 is 1.38 bits per heavy atom. The molecule has 126 valence electrons. The van der Waals surface area contributed by atoms with Gasteiger partial charge in [-0.25, -0.2) is 9.97 Å². The van der Waals surface area contributed by atoms with E-state index in [1.54, 1.807) is 6.20 Å². The van der Waals surface area contributed by atoms with Crippen molar-refractivity contribution < 1.29 is 5.11 Å². The van der Waals surface area contributed by atoms with Crippen molar-refractivity contribution in [1.82, 2.24) is 19.5 Å². The highest BCUT2D eigenvalue weighted by molar-refractivity contribution is 7.17. The van der Waals surface area contributed by atoms with Gasteiger partial charge < -0.3 is 14.7 Å². The number of H-pyrrole nitrogens is 1. The Labute approximate surface area is 143 Å². The Morgan fingerprint density at radius 3 is 3.04 bits per heavy atom. The highest BCUT2D eigenvalue weighted by Gasteiger charge is 2.26. The van der Waals surface area contributed by atoms with Gasteiger partial charge in [0.05, 0.1) is 12.1 Å². The van der Waals surface area contributed by atoms with Gasteiger partial charge in [0.25, 0.3) is 5.56 Å². The van der Waals surface area contributed by atoms with Gasteiger partial charge in [0, 0.05) is 12.4 Å². The lowest BCUT2D eigenvalue weighted by Gasteiger charge is -2.26. The van der Waals surface area contributed by atoms with Gasteiger partial charge in [0.15, 0.2) is 0 Å². The lowest BCUT2D eigenvalue weighted by atomic mass is 9.85. The Balaban J connectivity index is 1.60. The number of fused-ring (bicyclic) bond motifs is 1. The maximum atomic E-state index is 12.1. The molecule has 1 fully saturated rings. The zero-order valence-electron chi connectivity index (χ0n) is 13.3. The quantitative estimate of drug-likeness (QED) is 0.762. The van der Waals surface area contributed by atoms with Crippen molar-refractivity contribution in [2.45, 2.75) is 44.8 Å². The van der Waals surface area contributed by atoms with Crippen LogP contribution in [0, 0.1) is 5.92 Å². The summed E-state index contributed by atoms with van der Waals surface area (Å²) in [6, 6.07) is 1.85. The Bertz CT molecular complexity index is 891. The number of rotatable bonds is 4. The largest absolute Gasteiger partial charge is 0.385 e. The van der Waals surface area contributed by atoms with Crippen LogP contribution in [-0.2, 0) is 6.54 Å². The van der Waals surface area contributed by atoms with Gasteiger partial charge in [-0.1, -0.05) is 19.3 Å². The van der Waals surface area contributed by atoms with Gasteiger partial charge in [-0.05, 0) is 30.2 Å². The third-order valence-electron chi connectivity index (χ3n) is 4.79. The van der Waals surface area contributed by atoms with E-state index in [4.69, 9.17) is 0 Å². The molecule has 0 saturated heterocycles. The van der Waals surface area contributed by atoms with Crippen LogP contribution in [0.2, 0.25) is 0 Å². The Kier molecular flexibility index (Phi) is 4.20. The summed E-state index contributed by atoms with van der Waals surface area (Å²) in [7, 11) is 0. The molecule has 4 rings (SSSR count). The average molecular weight is 344 g/mol. The first kappa shape index (κ1) is 15.5. The van der Waals surface area contributed by atoms with E-state index in [9.17, 15) is 9.90 Å². The monoisotopic (exact) mass is 344 g/mol. The fourth-order valence-corrected chi connectivity index (χ4v) is 4.26. The van der Waals surface area contributed by atoms with Crippen LogP contribution in [0.1, 0.15) is 49.9 Å². The molecule has 1 atom stereocenters. The number of nitrogens with one attached hydrogen (secondary N) is 1. The maximum Gasteiger partial charge on any atom is 0.268 e. The number of hydrogen-bond acceptors (Lipinski definition) is 5. The van der Waals surface area contributed by atoms with Crippen LogP contribution in [0.25, 0.3) is 10.2 Å². The first-order valence-electron chi connectivity index (χ1n) is 8.38. The minimum absolute atomic E-state index is 0.112. The van der Waals surface area contributed by atoms with Gasteiger partial charge in [0.2, 0.25) is 0 Å². The summed E-state index contributed by atoms with van der Waals surface area (Å²) in [5, 5.41) is 12.6. The third kappa shape index (κ3) is 2.89. The first-order valence-corrected chi connectivity index (χ1v) is 9.26. The van der Waals surface area contributed by atoms with Crippen LogP contribution >= 0.6 is 11.3 Å². The number of thiophene rings is 1. The lowest BCUT2D eigenvalue weighted by Crippen LogP contribution is -2.21. The Morgan fingerprint density at radius 2 is 2.21 bits per heavy atom. The summed E-state index contributed by atoms with van der Waals surface area (Å²) in [6.45, 7) is 0.403. The maximum absolute atomic E-state index is 12.1. The number of hydrogen-bond donors (Lipinski definition) is 2. The van der Waals surface area contributed by atoms with E-state index in [0.29, 0.717) is 28.4 Å². The fraction of sp³-hybridized carbons (Fsp3) is 0.471. The molecule has 2 N–H and O–H groups in total. The minimum Gasteiger partial charge on any atom is -0.385 e. The molecule has 3 aromatic rings. The number of aliphatic hydroxyl groups is 1. The van der Waals surface area contributed by atoms with Gasteiger partial charge in [-0.15, -0.1) is 11.3 Å². The molecule has 1 aliphatic carbocycles. The molecule has 6 nitrogen and oxygen atoms in total. The molecule has 0 aliphatic heterocycles. The molecule has 1 aliphatic rings. The van der Waals surface area contributed by atoms with Crippen LogP contribution in [0.15, 0.2) is 28.6 Å². The van der Waals surface area contributed by atoms with E-state index in [0.717, 1.165) is 12.8 Å². The summed E-state index contributed by atoms with van der Waals surface area (Å²) in [5.41, 5.74) is 0.604. The summed E-state index contributed by atoms with van der Waals surface area (Å²) in [5.74, 6) is 1.52. The number of aliphatic hydroxyl groups excluding tert-OH is 1.